The first kappa shape index (κ1) is 14.1. The lowest BCUT2D eigenvalue weighted by molar-refractivity contribution is 0.0840. The van der Waals surface area contributed by atoms with Crippen molar-refractivity contribution in [1.29, 1.82) is 0 Å². The van der Waals surface area contributed by atoms with Crippen LogP contribution in [0.1, 0.15) is 35.2 Å². The number of hydrogen-bond acceptors (Lipinski definition) is 3. The monoisotopic (exact) mass is 288 g/mol. The first-order chi connectivity index (χ1) is 10.2. The molecule has 5 heteroatoms. The van der Waals surface area contributed by atoms with E-state index in [2.05, 4.69) is 17.2 Å². The summed E-state index contributed by atoms with van der Waals surface area (Å²) >= 11 is 0. The minimum Gasteiger partial charge on any atom is -0.373 e. The molecule has 3 unspecified atom stereocenters. The van der Waals surface area contributed by atoms with Crippen LogP contribution >= 0.6 is 0 Å². The van der Waals surface area contributed by atoms with Gasteiger partial charge in [0.05, 0.1) is 30.4 Å². The lowest BCUT2D eigenvalue weighted by Gasteiger charge is -2.20. The van der Waals surface area contributed by atoms with Crippen molar-refractivity contribution >= 4 is 5.91 Å². The first-order valence-electron chi connectivity index (χ1n) is 7.12. The van der Waals surface area contributed by atoms with Crippen LogP contribution in [0.15, 0.2) is 18.2 Å². The SMILES string of the molecule is NCC#Cc1cc(F)ccc1C(=O)NC1CC2CCC1O2. The lowest BCUT2D eigenvalue weighted by Crippen LogP contribution is -2.41. The highest BCUT2D eigenvalue weighted by molar-refractivity contribution is 5.97. The van der Waals surface area contributed by atoms with Gasteiger partial charge in [0.1, 0.15) is 5.82 Å². The molecule has 2 bridgehead atoms. The van der Waals surface area contributed by atoms with Crippen molar-refractivity contribution in [2.75, 3.05) is 6.54 Å². The number of nitrogens with one attached hydrogen (secondary N) is 1. The molecule has 2 saturated heterocycles. The molecule has 0 aliphatic carbocycles. The van der Waals surface area contributed by atoms with Crippen LogP contribution in [-0.4, -0.2) is 30.7 Å². The maximum atomic E-state index is 13.3. The standard InChI is InChI=1S/C16H17FN2O2/c17-11-3-5-13(10(8-11)2-1-7-18)16(20)19-14-9-12-4-6-15(14)21-12/h3,5,8,12,14-15H,4,6-7,9,18H2,(H,19,20). The topological polar surface area (TPSA) is 64.4 Å². The van der Waals surface area contributed by atoms with Crippen molar-refractivity contribution in [3.63, 3.8) is 0 Å². The second-order valence-corrected chi connectivity index (χ2v) is 5.39. The Morgan fingerprint density at radius 3 is 3.00 bits per heavy atom. The number of carbonyl (C=O) groups is 1. The van der Waals surface area contributed by atoms with Gasteiger partial charge in [0.25, 0.3) is 5.91 Å². The molecule has 3 N–H and O–H groups in total. The van der Waals surface area contributed by atoms with Crippen LogP contribution in [0.5, 0.6) is 0 Å². The fourth-order valence-corrected chi connectivity index (χ4v) is 3.00. The minimum absolute atomic E-state index is 0.0385. The van der Waals surface area contributed by atoms with Crippen LogP contribution in [0.4, 0.5) is 4.39 Å². The summed E-state index contributed by atoms with van der Waals surface area (Å²) in [5, 5.41) is 2.98. The molecule has 0 aromatic heterocycles. The largest absolute Gasteiger partial charge is 0.373 e. The molecule has 2 heterocycles. The number of carbonyl (C=O) groups excluding carboxylic acids is 1. The Balaban J connectivity index is 1.78. The highest BCUT2D eigenvalue weighted by atomic mass is 19.1. The van der Waals surface area contributed by atoms with E-state index in [1.54, 1.807) is 0 Å². The van der Waals surface area contributed by atoms with Gasteiger partial charge in [0, 0.05) is 5.56 Å². The van der Waals surface area contributed by atoms with Gasteiger partial charge in [-0.3, -0.25) is 4.79 Å². The number of rotatable bonds is 2. The molecule has 2 fully saturated rings. The molecule has 1 aromatic carbocycles. The highest BCUT2D eigenvalue weighted by Gasteiger charge is 2.41. The molecule has 3 rings (SSSR count). The summed E-state index contributed by atoms with van der Waals surface area (Å²) in [7, 11) is 0. The Morgan fingerprint density at radius 1 is 1.48 bits per heavy atom. The van der Waals surface area contributed by atoms with Gasteiger partial charge in [-0.25, -0.2) is 4.39 Å². The molecule has 0 radical (unpaired) electrons. The van der Waals surface area contributed by atoms with Gasteiger partial charge < -0.3 is 15.8 Å². The quantitative estimate of drug-likeness (QED) is 0.803. The van der Waals surface area contributed by atoms with Crippen LogP contribution in [0.25, 0.3) is 0 Å². The van der Waals surface area contributed by atoms with Crippen molar-refractivity contribution in [3.05, 3.63) is 35.1 Å². The molecule has 1 amide bonds. The average Bonchev–Trinajstić information content (AvgIpc) is 3.07. The predicted molar refractivity (Wildman–Crippen MR) is 76.1 cm³/mol. The smallest absolute Gasteiger partial charge is 0.252 e. The number of hydrogen-bond donors (Lipinski definition) is 2. The van der Waals surface area contributed by atoms with E-state index in [1.165, 1.54) is 18.2 Å². The molecule has 110 valence electrons. The zero-order valence-corrected chi connectivity index (χ0v) is 11.6. The number of fused-ring (bicyclic) bond motifs is 2. The van der Waals surface area contributed by atoms with Gasteiger partial charge in [-0.2, -0.15) is 0 Å². The number of ether oxygens (including phenoxy) is 1. The summed E-state index contributed by atoms with van der Waals surface area (Å²) in [5.74, 6) is 4.74. The third-order valence-electron chi connectivity index (χ3n) is 3.97. The molecule has 0 spiro atoms. The number of nitrogens with two attached hydrogens (primary N) is 1. The summed E-state index contributed by atoms with van der Waals surface area (Å²) in [6, 6.07) is 4.02. The average molecular weight is 288 g/mol. The van der Waals surface area contributed by atoms with Crippen LogP contribution in [0.2, 0.25) is 0 Å². The van der Waals surface area contributed by atoms with Gasteiger partial charge in [0.2, 0.25) is 0 Å². The van der Waals surface area contributed by atoms with Gasteiger partial charge in [-0.1, -0.05) is 11.8 Å². The van der Waals surface area contributed by atoms with E-state index in [4.69, 9.17) is 10.5 Å². The van der Waals surface area contributed by atoms with Crippen LogP contribution in [0.3, 0.4) is 0 Å². The van der Waals surface area contributed by atoms with Gasteiger partial charge in [0.15, 0.2) is 0 Å². The van der Waals surface area contributed by atoms with Crippen molar-refractivity contribution in [1.82, 2.24) is 5.32 Å². The van der Waals surface area contributed by atoms with Crippen molar-refractivity contribution < 1.29 is 13.9 Å². The van der Waals surface area contributed by atoms with E-state index in [-0.39, 0.29) is 30.7 Å². The third kappa shape index (κ3) is 2.92. The molecule has 3 atom stereocenters. The number of halogens is 1. The Hall–Kier alpha value is -1.90. The fourth-order valence-electron chi connectivity index (χ4n) is 3.00. The van der Waals surface area contributed by atoms with Crippen LogP contribution in [0, 0.1) is 17.7 Å². The Morgan fingerprint density at radius 2 is 2.33 bits per heavy atom. The number of amides is 1. The van der Waals surface area contributed by atoms with Crippen molar-refractivity contribution in [3.8, 4) is 11.8 Å². The maximum absolute atomic E-state index is 13.3. The first-order valence-corrected chi connectivity index (χ1v) is 7.12. The summed E-state index contributed by atoms with van der Waals surface area (Å²) in [5.41, 5.74) is 6.07. The second-order valence-electron chi connectivity index (χ2n) is 5.39. The van der Waals surface area contributed by atoms with Crippen molar-refractivity contribution in [2.24, 2.45) is 5.73 Å². The summed E-state index contributed by atoms with van der Waals surface area (Å²) < 4.78 is 19.0. The van der Waals surface area contributed by atoms with Gasteiger partial charge in [-0.05, 0) is 37.5 Å². The van der Waals surface area contributed by atoms with Crippen LogP contribution in [-0.2, 0) is 4.74 Å². The zero-order chi connectivity index (χ0) is 14.8. The summed E-state index contributed by atoms with van der Waals surface area (Å²) in [4.78, 5) is 12.4. The summed E-state index contributed by atoms with van der Waals surface area (Å²) in [6.45, 7) is 0.164. The van der Waals surface area contributed by atoms with Gasteiger partial charge >= 0.3 is 0 Å². The predicted octanol–water partition coefficient (Wildman–Crippen LogP) is 1.19. The van der Waals surface area contributed by atoms with Crippen LogP contribution < -0.4 is 11.1 Å². The Labute approximate surface area is 122 Å². The maximum Gasteiger partial charge on any atom is 0.252 e. The van der Waals surface area contributed by atoms with Gasteiger partial charge in [-0.15, -0.1) is 0 Å². The normalized spacial score (nSPS) is 26.3. The minimum atomic E-state index is -0.420. The molecule has 2 aliphatic heterocycles. The van der Waals surface area contributed by atoms with E-state index in [1.807, 2.05) is 0 Å². The molecular formula is C16H17FN2O2. The van der Waals surface area contributed by atoms with E-state index >= 15 is 0 Å². The number of benzene rings is 1. The van der Waals surface area contributed by atoms with Crippen molar-refractivity contribution in [2.45, 2.75) is 37.5 Å². The molecule has 1 aromatic rings. The zero-order valence-electron chi connectivity index (χ0n) is 11.6. The third-order valence-corrected chi connectivity index (χ3v) is 3.97. The second kappa shape index (κ2) is 5.84. The van der Waals surface area contributed by atoms with E-state index in [0.717, 1.165) is 19.3 Å². The van der Waals surface area contributed by atoms with E-state index in [0.29, 0.717) is 11.1 Å². The molecular weight excluding hydrogens is 271 g/mol. The van der Waals surface area contributed by atoms with E-state index in [9.17, 15) is 9.18 Å². The lowest BCUT2D eigenvalue weighted by atomic mass is 9.95. The Bertz CT molecular complexity index is 620. The molecule has 21 heavy (non-hydrogen) atoms. The summed E-state index contributed by atoms with van der Waals surface area (Å²) in [6.07, 6.45) is 3.28. The van der Waals surface area contributed by atoms with E-state index < -0.39 is 5.82 Å². The Kier molecular flexibility index (Phi) is 3.91. The molecule has 2 aliphatic rings. The molecule has 0 saturated carbocycles. The fraction of sp³-hybridized carbons (Fsp3) is 0.438. The highest BCUT2D eigenvalue weighted by Crippen LogP contribution is 2.34. The molecule has 4 nitrogen and oxygen atoms in total.